The fraction of sp³-hybridized carbons (Fsp3) is 0.158. The monoisotopic (exact) mass is 368 g/mol. The SMILES string of the molecule is CCSc1cccc(C(=O)Nc2nc3c(s2)COc2ccccc2-3)c1. The molecule has 1 aliphatic rings. The summed E-state index contributed by atoms with van der Waals surface area (Å²) in [4.78, 5) is 19.3. The lowest BCUT2D eigenvalue weighted by Gasteiger charge is -2.15. The maximum atomic E-state index is 12.5. The number of nitrogens with one attached hydrogen (secondary N) is 1. The summed E-state index contributed by atoms with van der Waals surface area (Å²) in [5, 5.41) is 3.52. The summed E-state index contributed by atoms with van der Waals surface area (Å²) in [5.41, 5.74) is 2.52. The number of rotatable bonds is 4. The van der Waals surface area contributed by atoms with E-state index in [0.717, 1.165) is 32.5 Å². The highest BCUT2D eigenvalue weighted by Crippen LogP contribution is 2.40. The number of benzene rings is 2. The molecule has 2 heterocycles. The third kappa shape index (κ3) is 3.27. The van der Waals surface area contributed by atoms with Crippen molar-refractivity contribution in [3.05, 3.63) is 59.0 Å². The number of hydrogen-bond donors (Lipinski definition) is 1. The van der Waals surface area contributed by atoms with E-state index >= 15 is 0 Å². The molecule has 1 N–H and O–H groups in total. The number of thioether (sulfide) groups is 1. The van der Waals surface area contributed by atoms with Crippen LogP contribution in [0.5, 0.6) is 5.75 Å². The van der Waals surface area contributed by atoms with Crippen molar-refractivity contribution in [1.29, 1.82) is 0 Å². The Morgan fingerprint density at radius 3 is 3.04 bits per heavy atom. The van der Waals surface area contributed by atoms with E-state index in [1.807, 2.05) is 48.5 Å². The second-order valence-electron chi connectivity index (χ2n) is 5.49. The summed E-state index contributed by atoms with van der Waals surface area (Å²) in [6.07, 6.45) is 0. The molecular weight excluding hydrogens is 352 g/mol. The van der Waals surface area contributed by atoms with Crippen LogP contribution in [0, 0.1) is 0 Å². The fourth-order valence-electron chi connectivity index (χ4n) is 2.71. The number of hydrogen-bond acceptors (Lipinski definition) is 5. The number of nitrogens with zero attached hydrogens (tertiary/aromatic N) is 1. The van der Waals surface area contributed by atoms with Gasteiger partial charge in [-0.25, -0.2) is 4.98 Å². The summed E-state index contributed by atoms with van der Waals surface area (Å²) in [5.74, 6) is 1.67. The van der Waals surface area contributed by atoms with Gasteiger partial charge in [-0.3, -0.25) is 10.1 Å². The Morgan fingerprint density at radius 1 is 1.28 bits per heavy atom. The summed E-state index contributed by atoms with van der Waals surface area (Å²) in [6.45, 7) is 2.58. The third-order valence-corrected chi connectivity index (χ3v) is 5.65. The molecule has 0 fully saturated rings. The Labute approximate surface area is 154 Å². The Morgan fingerprint density at radius 2 is 2.16 bits per heavy atom. The van der Waals surface area contributed by atoms with Crippen LogP contribution in [-0.4, -0.2) is 16.6 Å². The topological polar surface area (TPSA) is 51.2 Å². The van der Waals surface area contributed by atoms with Crippen molar-refractivity contribution in [2.75, 3.05) is 11.1 Å². The molecular formula is C19H16N2O2S2. The zero-order valence-electron chi connectivity index (χ0n) is 13.6. The number of carbonyl (C=O) groups excluding carboxylic acids is 1. The molecule has 0 saturated carbocycles. The van der Waals surface area contributed by atoms with Crippen LogP contribution in [0.15, 0.2) is 53.4 Å². The average Bonchev–Trinajstić information content (AvgIpc) is 3.05. The van der Waals surface area contributed by atoms with Gasteiger partial charge in [-0.05, 0) is 36.1 Å². The van der Waals surface area contributed by atoms with Crippen molar-refractivity contribution in [2.24, 2.45) is 0 Å². The van der Waals surface area contributed by atoms with E-state index < -0.39 is 0 Å². The van der Waals surface area contributed by atoms with E-state index in [2.05, 4.69) is 17.2 Å². The van der Waals surface area contributed by atoms with Crippen molar-refractivity contribution < 1.29 is 9.53 Å². The van der Waals surface area contributed by atoms with Crippen LogP contribution in [0.3, 0.4) is 0 Å². The van der Waals surface area contributed by atoms with E-state index in [1.54, 1.807) is 11.8 Å². The normalized spacial score (nSPS) is 12.0. The second-order valence-corrected chi connectivity index (χ2v) is 7.91. The Hall–Kier alpha value is -2.31. The summed E-state index contributed by atoms with van der Waals surface area (Å²) in [6, 6.07) is 15.5. The van der Waals surface area contributed by atoms with Gasteiger partial charge in [0.2, 0.25) is 0 Å². The van der Waals surface area contributed by atoms with Gasteiger partial charge in [-0.15, -0.1) is 11.8 Å². The van der Waals surface area contributed by atoms with Crippen molar-refractivity contribution in [3.63, 3.8) is 0 Å². The van der Waals surface area contributed by atoms with E-state index in [9.17, 15) is 4.79 Å². The van der Waals surface area contributed by atoms with Crippen LogP contribution in [0.2, 0.25) is 0 Å². The molecule has 25 heavy (non-hydrogen) atoms. The first-order valence-electron chi connectivity index (χ1n) is 8.00. The zero-order valence-corrected chi connectivity index (χ0v) is 15.2. The Bertz CT molecular complexity index is 937. The number of amides is 1. The predicted octanol–water partition coefficient (Wildman–Crippen LogP) is 5.07. The molecule has 1 aromatic heterocycles. The largest absolute Gasteiger partial charge is 0.487 e. The number of fused-ring (bicyclic) bond motifs is 3. The molecule has 3 aromatic rings. The minimum absolute atomic E-state index is 0.140. The lowest BCUT2D eigenvalue weighted by molar-refractivity contribution is 0.102. The standard InChI is InChI=1S/C19H16N2O2S2/c1-2-24-13-7-5-6-12(10-13)18(22)21-19-20-17-14-8-3-4-9-15(14)23-11-16(17)25-19/h3-10H,2,11H2,1H3,(H,20,21,22). The highest BCUT2D eigenvalue weighted by Gasteiger charge is 2.22. The van der Waals surface area contributed by atoms with Crippen LogP contribution < -0.4 is 10.1 Å². The van der Waals surface area contributed by atoms with E-state index in [-0.39, 0.29) is 5.91 Å². The molecule has 1 aliphatic heterocycles. The van der Waals surface area contributed by atoms with Gasteiger partial charge in [0.25, 0.3) is 5.91 Å². The van der Waals surface area contributed by atoms with Crippen molar-refractivity contribution in [1.82, 2.24) is 4.98 Å². The first-order chi connectivity index (χ1) is 12.2. The van der Waals surface area contributed by atoms with Gasteiger partial charge in [0.15, 0.2) is 5.13 Å². The lowest BCUT2D eigenvalue weighted by Crippen LogP contribution is -2.11. The molecule has 0 unspecified atom stereocenters. The minimum atomic E-state index is -0.140. The quantitative estimate of drug-likeness (QED) is 0.654. The number of thiazole rings is 1. The van der Waals surface area contributed by atoms with Gasteiger partial charge < -0.3 is 4.74 Å². The van der Waals surface area contributed by atoms with E-state index in [1.165, 1.54) is 11.3 Å². The van der Waals surface area contributed by atoms with Crippen LogP contribution >= 0.6 is 23.1 Å². The molecule has 0 spiro atoms. The molecule has 1 amide bonds. The molecule has 0 bridgehead atoms. The van der Waals surface area contributed by atoms with Gasteiger partial charge in [-0.2, -0.15) is 0 Å². The smallest absolute Gasteiger partial charge is 0.257 e. The molecule has 4 nitrogen and oxygen atoms in total. The third-order valence-electron chi connectivity index (χ3n) is 3.83. The molecule has 4 rings (SSSR count). The maximum absolute atomic E-state index is 12.5. The molecule has 0 aliphatic carbocycles. The highest BCUT2D eigenvalue weighted by molar-refractivity contribution is 7.99. The lowest BCUT2D eigenvalue weighted by atomic mass is 10.1. The Balaban J connectivity index is 1.58. The zero-order chi connectivity index (χ0) is 17.2. The number of ether oxygens (including phenoxy) is 1. The number of para-hydroxylation sites is 1. The molecule has 126 valence electrons. The molecule has 0 radical (unpaired) electrons. The predicted molar refractivity (Wildman–Crippen MR) is 103 cm³/mol. The second kappa shape index (κ2) is 6.90. The van der Waals surface area contributed by atoms with E-state index in [4.69, 9.17) is 4.74 Å². The van der Waals surface area contributed by atoms with Crippen LogP contribution in [-0.2, 0) is 6.61 Å². The maximum Gasteiger partial charge on any atom is 0.257 e. The summed E-state index contributed by atoms with van der Waals surface area (Å²) < 4.78 is 5.75. The molecule has 0 atom stereocenters. The first-order valence-corrected chi connectivity index (χ1v) is 9.81. The van der Waals surface area contributed by atoms with E-state index in [0.29, 0.717) is 17.3 Å². The van der Waals surface area contributed by atoms with Gasteiger partial charge in [-0.1, -0.05) is 36.5 Å². The number of carbonyl (C=O) groups is 1. The van der Waals surface area contributed by atoms with Crippen molar-refractivity contribution in [2.45, 2.75) is 18.4 Å². The van der Waals surface area contributed by atoms with Crippen LogP contribution in [0.25, 0.3) is 11.3 Å². The highest BCUT2D eigenvalue weighted by atomic mass is 32.2. The summed E-state index contributed by atoms with van der Waals surface area (Å²) in [7, 11) is 0. The van der Waals surface area contributed by atoms with Crippen LogP contribution in [0.1, 0.15) is 22.2 Å². The number of anilines is 1. The van der Waals surface area contributed by atoms with Gasteiger partial charge >= 0.3 is 0 Å². The average molecular weight is 368 g/mol. The molecule has 2 aromatic carbocycles. The summed E-state index contributed by atoms with van der Waals surface area (Å²) >= 11 is 3.18. The Kier molecular flexibility index (Phi) is 4.46. The van der Waals surface area contributed by atoms with Crippen LogP contribution in [0.4, 0.5) is 5.13 Å². The fourth-order valence-corrected chi connectivity index (χ4v) is 4.31. The van der Waals surface area contributed by atoms with Gasteiger partial charge in [0.1, 0.15) is 12.4 Å². The first kappa shape index (κ1) is 16.2. The molecule has 6 heteroatoms. The van der Waals surface area contributed by atoms with Crippen molar-refractivity contribution >= 4 is 34.1 Å². The van der Waals surface area contributed by atoms with Crippen molar-refractivity contribution in [3.8, 4) is 17.0 Å². The van der Waals surface area contributed by atoms with Gasteiger partial charge in [0.05, 0.1) is 10.6 Å². The van der Waals surface area contributed by atoms with Gasteiger partial charge in [0, 0.05) is 16.0 Å². The number of aromatic nitrogens is 1. The minimum Gasteiger partial charge on any atom is -0.487 e. The molecule has 0 saturated heterocycles.